The lowest BCUT2D eigenvalue weighted by Crippen LogP contribution is -2.38. The summed E-state index contributed by atoms with van der Waals surface area (Å²) >= 11 is 0. The van der Waals surface area contributed by atoms with Gasteiger partial charge in [0.25, 0.3) is 0 Å². The van der Waals surface area contributed by atoms with Crippen molar-refractivity contribution in [1.82, 2.24) is 10.2 Å². The maximum absolute atomic E-state index is 3.70. The fourth-order valence-corrected chi connectivity index (χ4v) is 3.04. The molecule has 2 rings (SSSR count). The monoisotopic (exact) mass is 246 g/mol. The molecule has 0 radical (unpaired) electrons. The Morgan fingerprint density at radius 1 is 1.39 bits per heavy atom. The molecule has 1 N–H and O–H groups in total. The van der Waals surface area contributed by atoms with E-state index in [-0.39, 0.29) is 0 Å². The summed E-state index contributed by atoms with van der Waals surface area (Å²) in [5, 5.41) is 3.70. The maximum atomic E-state index is 3.70. The molecule has 1 heterocycles. The van der Waals surface area contributed by atoms with Crippen LogP contribution in [0.1, 0.15) is 43.9 Å². The molecule has 100 valence electrons. The van der Waals surface area contributed by atoms with Crippen molar-refractivity contribution in [2.45, 2.75) is 45.7 Å². The predicted molar refractivity (Wildman–Crippen MR) is 77.9 cm³/mol. The highest BCUT2D eigenvalue weighted by Crippen LogP contribution is 2.19. The fraction of sp³-hybridized carbons (Fsp3) is 0.625. The number of hydrogen-bond donors (Lipinski definition) is 1. The van der Waals surface area contributed by atoms with Crippen molar-refractivity contribution < 1.29 is 0 Å². The first kappa shape index (κ1) is 13.6. The Morgan fingerprint density at radius 3 is 2.89 bits per heavy atom. The van der Waals surface area contributed by atoms with Gasteiger partial charge >= 0.3 is 0 Å². The second kappa shape index (κ2) is 6.35. The minimum atomic E-state index is 0.450. The van der Waals surface area contributed by atoms with Crippen LogP contribution in [-0.4, -0.2) is 30.6 Å². The predicted octanol–water partition coefficient (Wildman–Crippen LogP) is 3.13. The smallest absolute Gasteiger partial charge is 0.0295 e. The molecule has 1 aromatic rings. The van der Waals surface area contributed by atoms with E-state index in [2.05, 4.69) is 55.3 Å². The van der Waals surface area contributed by atoms with Gasteiger partial charge in [0, 0.05) is 18.6 Å². The number of benzene rings is 1. The van der Waals surface area contributed by atoms with E-state index in [4.69, 9.17) is 0 Å². The molecule has 1 aromatic carbocycles. The average Bonchev–Trinajstić information content (AvgIpc) is 2.84. The molecule has 2 heteroatoms. The van der Waals surface area contributed by atoms with Crippen molar-refractivity contribution in [3.8, 4) is 0 Å². The minimum Gasteiger partial charge on any atom is -0.309 e. The molecule has 0 spiro atoms. The first-order valence-corrected chi connectivity index (χ1v) is 7.25. The van der Waals surface area contributed by atoms with Crippen molar-refractivity contribution in [3.63, 3.8) is 0 Å². The highest BCUT2D eigenvalue weighted by atomic mass is 15.2. The van der Waals surface area contributed by atoms with Crippen LogP contribution < -0.4 is 5.32 Å². The molecule has 0 saturated carbocycles. The molecule has 2 atom stereocenters. The lowest BCUT2D eigenvalue weighted by atomic mass is 10.0. The van der Waals surface area contributed by atoms with Crippen molar-refractivity contribution in [2.75, 3.05) is 19.6 Å². The van der Waals surface area contributed by atoms with E-state index >= 15 is 0 Å². The largest absolute Gasteiger partial charge is 0.309 e. The van der Waals surface area contributed by atoms with Gasteiger partial charge in [-0.2, -0.15) is 0 Å². The molecule has 0 amide bonds. The summed E-state index contributed by atoms with van der Waals surface area (Å²) < 4.78 is 0. The Bertz CT molecular complexity index is 375. The maximum Gasteiger partial charge on any atom is 0.0295 e. The van der Waals surface area contributed by atoms with Gasteiger partial charge in [0.15, 0.2) is 0 Å². The molecular formula is C16H26N2. The number of aryl methyl sites for hydroxylation is 1. The molecule has 0 aromatic heterocycles. The third-order valence-corrected chi connectivity index (χ3v) is 4.22. The standard InChI is InChI=1S/C16H26N2/c1-4-18-11-7-9-15(18)12-17-14(3)16-10-6-5-8-13(16)2/h5-6,8,10,14-15,17H,4,7,9,11-12H2,1-3H3. The van der Waals surface area contributed by atoms with Gasteiger partial charge in [-0.1, -0.05) is 31.2 Å². The average molecular weight is 246 g/mol. The summed E-state index contributed by atoms with van der Waals surface area (Å²) in [6.07, 6.45) is 2.71. The lowest BCUT2D eigenvalue weighted by Gasteiger charge is -2.25. The van der Waals surface area contributed by atoms with Crippen LogP contribution in [0.4, 0.5) is 0 Å². The number of nitrogens with zero attached hydrogens (tertiary/aromatic N) is 1. The highest BCUT2D eigenvalue weighted by Gasteiger charge is 2.23. The number of rotatable bonds is 5. The molecule has 1 aliphatic rings. The molecule has 0 bridgehead atoms. The van der Waals surface area contributed by atoms with Gasteiger partial charge in [0.2, 0.25) is 0 Å². The minimum absolute atomic E-state index is 0.450. The zero-order chi connectivity index (χ0) is 13.0. The molecule has 18 heavy (non-hydrogen) atoms. The Morgan fingerprint density at radius 2 is 2.17 bits per heavy atom. The first-order valence-electron chi connectivity index (χ1n) is 7.25. The van der Waals surface area contributed by atoms with Gasteiger partial charge in [0.05, 0.1) is 0 Å². The highest BCUT2D eigenvalue weighted by molar-refractivity contribution is 5.28. The SMILES string of the molecule is CCN1CCCC1CNC(C)c1ccccc1C. The lowest BCUT2D eigenvalue weighted by molar-refractivity contribution is 0.255. The van der Waals surface area contributed by atoms with Gasteiger partial charge in [-0.15, -0.1) is 0 Å². The van der Waals surface area contributed by atoms with Crippen LogP contribution in [-0.2, 0) is 0 Å². The Kier molecular flexibility index (Phi) is 4.79. The van der Waals surface area contributed by atoms with Crippen LogP contribution in [0.15, 0.2) is 24.3 Å². The molecule has 0 aliphatic carbocycles. The molecule has 2 nitrogen and oxygen atoms in total. The third kappa shape index (κ3) is 3.12. The van der Waals surface area contributed by atoms with E-state index in [9.17, 15) is 0 Å². The first-order chi connectivity index (χ1) is 8.72. The Balaban J connectivity index is 1.88. The Labute approximate surface area is 111 Å². The second-order valence-electron chi connectivity index (χ2n) is 5.41. The molecule has 1 aliphatic heterocycles. The normalized spacial score (nSPS) is 22.3. The van der Waals surface area contributed by atoms with Crippen molar-refractivity contribution in [2.24, 2.45) is 0 Å². The van der Waals surface area contributed by atoms with Gasteiger partial charge in [-0.05, 0) is 50.9 Å². The van der Waals surface area contributed by atoms with Crippen LogP contribution in [0.5, 0.6) is 0 Å². The molecule has 1 saturated heterocycles. The third-order valence-electron chi connectivity index (χ3n) is 4.22. The van der Waals surface area contributed by atoms with Crippen molar-refractivity contribution in [1.29, 1.82) is 0 Å². The fourth-order valence-electron chi connectivity index (χ4n) is 3.04. The van der Waals surface area contributed by atoms with Crippen LogP contribution in [0.2, 0.25) is 0 Å². The van der Waals surface area contributed by atoms with Crippen LogP contribution >= 0.6 is 0 Å². The van der Waals surface area contributed by atoms with E-state index in [1.165, 1.54) is 37.1 Å². The van der Waals surface area contributed by atoms with E-state index in [0.717, 1.165) is 12.6 Å². The summed E-state index contributed by atoms with van der Waals surface area (Å²) in [5.74, 6) is 0. The van der Waals surface area contributed by atoms with Gasteiger partial charge in [-0.3, -0.25) is 4.90 Å². The van der Waals surface area contributed by atoms with Gasteiger partial charge < -0.3 is 5.32 Å². The van der Waals surface area contributed by atoms with Crippen LogP contribution in [0.3, 0.4) is 0 Å². The summed E-state index contributed by atoms with van der Waals surface area (Å²) in [7, 11) is 0. The van der Waals surface area contributed by atoms with E-state index in [1.807, 2.05) is 0 Å². The van der Waals surface area contributed by atoms with E-state index in [0.29, 0.717) is 6.04 Å². The number of hydrogen-bond acceptors (Lipinski definition) is 2. The van der Waals surface area contributed by atoms with Crippen molar-refractivity contribution >= 4 is 0 Å². The second-order valence-corrected chi connectivity index (χ2v) is 5.41. The van der Waals surface area contributed by atoms with Gasteiger partial charge in [-0.25, -0.2) is 0 Å². The summed E-state index contributed by atoms with van der Waals surface area (Å²) in [6.45, 7) is 10.3. The van der Waals surface area contributed by atoms with Crippen LogP contribution in [0, 0.1) is 6.92 Å². The van der Waals surface area contributed by atoms with E-state index < -0.39 is 0 Å². The molecule has 2 unspecified atom stereocenters. The van der Waals surface area contributed by atoms with Gasteiger partial charge in [0.1, 0.15) is 0 Å². The number of likely N-dealkylation sites (N-methyl/N-ethyl adjacent to an activating group) is 1. The van der Waals surface area contributed by atoms with E-state index in [1.54, 1.807) is 0 Å². The zero-order valence-electron chi connectivity index (χ0n) is 11.9. The summed E-state index contributed by atoms with van der Waals surface area (Å²) in [4.78, 5) is 2.59. The number of likely N-dealkylation sites (tertiary alicyclic amines) is 1. The quantitative estimate of drug-likeness (QED) is 0.858. The summed E-state index contributed by atoms with van der Waals surface area (Å²) in [6, 6.07) is 9.86. The van der Waals surface area contributed by atoms with Crippen molar-refractivity contribution in [3.05, 3.63) is 35.4 Å². The zero-order valence-corrected chi connectivity index (χ0v) is 11.9. The number of nitrogens with one attached hydrogen (secondary N) is 1. The topological polar surface area (TPSA) is 15.3 Å². The summed E-state index contributed by atoms with van der Waals surface area (Å²) in [5.41, 5.74) is 2.81. The molecule has 1 fully saturated rings. The van der Waals surface area contributed by atoms with Crippen LogP contribution in [0.25, 0.3) is 0 Å². The molecular weight excluding hydrogens is 220 g/mol. The Hall–Kier alpha value is -0.860.